The molecule has 0 saturated carbocycles. The zero-order valence-electron chi connectivity index (χ0n) is 16.5. The van der Waals surface area contributed by atoms with E-state index in [1.807, 2.05) is 6.20 Å². The van der Waals surface area contributed by atoms with E-state index < -0.39 is 11.6 Å². The summed E-state index contributed by atoms with van der Waals surface area (Å²) in [5.41, 5.74) is 4.25. The van der Waals surface area contributed by atoms with Gasteiger partial charge in [0.05, 0.1) is 22.9 Å². The van der Waals surface area contributed by atoms with Crippen LogP contribution in [0.1, 0.15) is 13.3 Å². The Balaban J connectivity index is 0.000000204. The Morgan fingerprint density at radius 1 is 1.20 bits per heavy atom. The molecule has 1 aliphatic rings. The number of nitrogens with one attached hydrogen (secondary N) is 2. The van der Waals surface area contributed by atoms with Gasteiger partial charge < -0.3 is 9.88 Å². The van der Waals surface area contributed by atoms with Crippen molar-refractivity contribution in [3.63, 3.8) is 0 Å². The summed E-state index contributed by atoms with van der Waals surface area (Å²) in [7, 11) is 0. The van der Waals surface area contributed by atoms with Gasteiger partial charge in [-0.25, -0.2) is 13.8 Å². The van der Waals surface area contributed by atoms with Crippen molar-refractivity contribution in [1.82, 2.24) is 25.1 Å². The minimum atomic E-state index is -0.500. The third kappa shape index (κ3) is 4.71. The molecule has 1 aliphatic heterocycles. The number of rotatable bonds is 3. The lowest BCUT2D eigenvalue weighted by Gasteiger charge is -2.11. The molecule has 156 valence electrons. The van der Waals surface area contributed by atoms with E-state index in [0.29, 0.717) is 12.0 Å². The van der Waals surface area contributed by atoms with E-state index in [0.717, 1.165) is 48.1 Å². The van der Waals surface area contributed by atoms with Crippen LogP contribution in [0.5, 0.6) is 0 Å². The second-order valence-corrected chi connectivity index (χ2v) is 8.04. The number of halogens is 2. The van der Waals surface area contributed by atoms with E-state index in [4.69, 9.17) is 4.98 Å². The van der Waals surface area contributed by atoms with Crippen LogP contribution in [0.4, 0.5) is 8.78 Å². The lowest BCUT2D eigenvalue weighted by Crippen LogP contribution is -2.17. The molecule has 5 nitrogen and oxygen atoms in total. The van der Waals surface area contributed by atoms with Gasteiger partial charge >= 0.3 is 0 Å². The SMILES string of the molecule is C[C@H]1CC(Cn2ccc3nc(-c4cn[nH]c4)ccc32)CN1.Fc1ccc(F)c(S)c1. The Hall–Kier alpha value is -2.71. The highest BCUT2D eigenvalue weighted by molar-refractivity contribution is 7.80. The van der Waals surface area contributed by atoms with E-state index >= 15 is 0 Å². The van der Waals surface area contributed by atoms with Crippen LogP contribution in [0.3, 0.4) is 0 Å². The minimum Gasteiger partial charge on any atom is -0.346 e. The van der Waals surface area contributed by atoms with Gasteiger partial charge in [-0.15, -0.1) is 12.6 Å². The average Bonchev–Trinajstić information content (AvgIpc) is 3.47. The molecule has 4 heterocycles. The molecule has 3 aromatic heterocycles. The molecule has 0 bridgehead atoms. The van der Waals surface area contributed by atoms with Gasteiger partial charge in [-0.2, -0.15) is 5.10 Å². The molecule has 0 spiro atoms. The molecule has 30 heavy (non-hydrogen) atoms. The molecule has 1 saturated heterocycles. The molecule has 0 amide bonds. The van der Waals surface area contributed by atoms with Crippen LogP contribution in [-0.2, 0) is 6.54 Å². The Morgan fingerprint density at radius 3 is 2.73 bits per heavy atom. The predicted octanol–water partition coefficient (Wildman–Crippen LogP) is 4.68. The molecule has 0 radical (unpaired) electrons. The summed E-state index contributed by atoms with van der Waals surface area (Å²) in [6.07, 6.45) is 7.08. The molecular formula is C22H23F2N5S. The maximum Gasteiger partial charge on any atom is 0.136 e. The highest BCUT2D eigenvalue weighted by Crippen LogP contribution is 2.23. The molecule has 4 aromatic rings. The fraction of sp³-hybridized carbons (Fsp3) is 0.273. The molecule has 5 rings (SSSR count). The Labute approximate surface area is 178 Å². The van der Waals surface area contributed by atoms with E-state index in [-0.39, 0.29) is 4.90 Å². The van der Waals surface area contributed by atoms with Crippen molar-refractivity contribution in [2.24, 2.45) is 5.92 Å². The first-order chi connectivity index (χ1) is 14.5. The van der Waals surface area contributed by atoms with Gasteiger partial charge in [-0.1, -0.05) is 0 Å². The number of H-pyrrole nitrogens is 1. The van der Waals surface area contributed by atoms with Crippen molar-refractivity contribution in [2.45, 2.75) is 30.8 Å². The molecular weight excluding hydrogens is 404 g/mol. The number of nitrogens with zero attached hydrogens (tertiary/aromatic N) is 3. The number of aromatic nitrogens is 4. The summed E-state index contributed by atoms with van der Waals surface area (Å²) in [6.45, 7) is 4.43. The smallest absolute Gasteiger partial charge is 0.136 e. The summed E-state index contributed by atoms with van der Waals surface area (Å²) in [6, 6.07) is 10.1. The zero-order chi connectivity index (χ0) is 21.1. The Kier molecular flexibility index (Phi) is 6.15. The van der Waals surface area contributed by atoms with Crippen LogP contribution in [0.2, 0.25) is 0 Å². The van der Waals surface area contributed by atoms with Gasteiger partial charge in [0.2, 0.25) is 0 Å². The Morgan fingerprint density at radius 2 is 2.07 bits per heavy atom. The van der Waals surface area contributed by atoms with Crippen LogP contribution in [0.25, 0.3) is 22.3 Å². The summed E-state index contributed by atoms with van der Waals surface area (Å²) >= 11 is 3.65. The second kappa shape index (κ2) is 8.97. The molecule has 8 heteroatoms. The van der Waals surface area contributed by atoms with E-state index in [9.17, 15) is 8.78 Å². The first-order valence-electron chi connectivity index (χ1n) is 9.82. The van der Waals surface area contributed by atoms with Gasteiger partial charge in [-0.05, 0) is 62.2 Å². The number of fused-ring (bicyclic) bond motifs is 1. The monoisotopic (exact) mass is 427 g/mol. The lowest BCUT2D eigenvalue weighted by atomic mass is 10.1. The first-order valence-corrected chi connectivity index (χ1v) is 10.3. The minimum absolute atomic E-state index is 0.0370. The van der Waals surface area contributed by atoms with Crippen LogP contribution < -0.4 is 5.32 Å². The predicted molar refractivity (Wildman–Crippen MR) is 116 cm³/mol. The van der Waals surface area contributed by atoms with Crippen molar-refractivity contribution in [2.75, 3.05) is 6.54 Å². The standard InChI is InChI=1S/C16H19N5.C6H4F2S/c1-11-6-12(7-17-11)10-21-5-4-15-16(21)3-2-14(20-15)13-8-18-19-9-13;7-4-1-2-5(8)6(9)3-4/h2-5,8-9,11-12,17H,6-7,10H2,1H3,(H,18,19);1-3,9H/t11-,12?;/m0./s1. The van der Waals surface area contributed by atoms with Crippen LogP contribution >= 0.6 is 12.6 Å². The zero-order valence-corrected chi connectivity index (χ0v) is 17.4. The van der Waals surface area contributed by atoms with Gasteiger partial charge in [0.15, 0.2) is 0 Å². The van der Waals surface area contributed by atoms with Crippen LogP contribution in [0, 0.1) is 17.6 Å². The summed E-state index contributed by atoms with van der Waals surface area (Å²) in [5, 5.41) is 10.3. The topological polar surface area (TPSA) is 58.5 Å². The highest BCUT2D eigenvalue weighted by atomic mass is 32.1. The van der Waals surface area contributed by atoms with Crippen molar-refractivity contribution in [3.05, 3.63) is 66.6 Å². The lowest BCUT2D eigenvalue weighted by molar-refractivity contribution is 0.483. The van der Waals surface area contributed by atoms with E-state index in [2.05, 4.69) is 64.0 Å². The van der Waals surface area contributed by atoms with Gasteiger partial charge in [0.25, 0.3) is 0 Å². The van der Waals surface area contributed by atoms with Crippen molar-refractivity contribution in [3.8, 4) is 11.3 Å². The normalized spacial score (nSPS) is 18.4. The maximum absolute atomic E-state index is 12.3. The summed E-state index contributed by atoms with van der Waals surface area (Å²) < 4.78 is 26.7. The second-order valence-electron chi connectivity index (χ2n) is 7.56. The maximum atomic E-state index is 12.3. The van der Waals surface area contributed by atoms with E-state index in [1.54, 1.807) is 6.20 Å². The molecule has 0 aliphatic carbocycles. The van der Waals surface area contributed by atoms with Gasteiger partial charge in [0, 0.05) is 35.4 Å². The summed E-state index contributed by atoms with van der Waals surface area (Å²) in [4.78, 5) is 4.77. The third-order valence-corrected chi connectivity index (χ3v) is 5.57. The van der Waals surface area contributed by atoms with Crippen LogP contribution in [-0.4, -0.2) is 32.3 Å². The van der Waals surface area contributed by atoms with Crippen molar-refractivity contribution < 1.29 is 8.78 Å². The Bertz CT molecular complexity index is 1130. The fourth-order valence-electron chi connectivity index (χ4n) is 3.72. The average molecular weight is 428 g/mol. The quantitative estimate of drug-likeness (QED) is 0.416. The first kappa shape index (κ1) is 20.6. The van der Waals surface area contributed by atoms with Crippen molar-refractivity contribution in [1.29, 1.82) is 0 Å². The molecule has 1 aromatic carbocycles. The third-order valence-electron chi connectivity index (χ3n) is 5.22. The molecule has 2 N–H and O–H groups in total. The van der Waals surface area contributed by atoms with Gasteiger partial charge in [-0.3, -0.25) is 5.10 Å². The van der Waals surface area contributed by atoms with E-state index in [1.165, 1.54) is 11.9 Å². The van der Waals surface area contributed by atoms with Gasteiger partial charge in [0.1, 0.15) is 11.6 Å². The number of thiol groups is 1. The number of hydrogen-bond donors (Lipinski definition) is 3. The molecule has 1 unspecified atom stereocenters. The van der Waals surface area contributed by atoms with Crippen LogP contribution in [0.15, 0.2) is 59.9 Å². The number of aromatic amines is 1. The number of benzene rings is 1. The highest BCUT2D eigenvalue weighted by Gasteiger charge is 2.21. The fourth-order valence-corrected chi connectivity index (χ4v) is 3.92. The number of pyridine rings is 1. The summed E-state index contributed by atoms with van der Waals surface area (Å²) in [5.74, 6) is -0.259. The number of hydrogen-bond acceptors (Lipinski definition) is 4. The molecule has 2 atom stereocenters. The van der Waals surface area contributed by atoms with Crippen molar-refractivity contribution >= 4 is 23.7 Å². The largest absolute Gasteiger partial charge is 0.346 e. The molecule has 1 fully saturated rings.